The van der Waals surface area contributed by atoms with Crippen LogP contribution in [0.15, 0.2) is 65.6 Å². The number of allylic oxidation sites excluding steroid dienone is 1. The first-order chi connectivity index (χ1) is 15.4. The molecule has 0 saturated heterocycles. The lowest BCUT2D eigenvalue weighted by atomic mass is 9.90. The van der Waals surface area contributed by atoms with Crippen molar-refractivity contribution in [3.8, 4) is 0 Å². The molecule has 1 aromatic carbocycles. The zero-order valence-corrected chi connectivity index (χ0v) is 20.8. The van der Waals surface area contributed by atoms with Crippen molar-refractivity contribution >= 4 is 36.6 Å². The number of aromatic nitrogens is 2. The second-order valence-electron chi connectivity index (χ2n) is 10.1. The molecule has 3 aromatic rings. The number of hydrogen-bond acceptors (Lipinski definition) is 3. The molecule has 2 aromatic heterocycles. The van der Waals surface area contributed by atoms with E-state index in [0.717, 1.165) is 28.6 Å². The molecule has 32 heavy (non-hydrogen) atoms. The van der Waals surface area contributed by atoms with E-state index in [2.05, 4.69) is 59.5 Å². The first-order valence-electron chi connectivity index (χ1n) is 11.5. The summed E-state index contributed by atoms with van der Waals surface area (Å²) in [5.74, 6) is 0.600. The Labute approximate surface area is 196 Å². The first-order valence-corrected chi connectivity index (χ1v) is 15.6. The van der Waals surface area contributed by atoms with Crippen molar-refractivity contribution in [3.63, 3.8) is 0 Å². The highest BCUT2D eigenvalue weighted by Crippen LogP contribution is 2.47. The summed E-state index contributed by atoms with van der Waals surface area (Å²) in [6, 6.07) is 13.6. The molecular weight excluding hydrogens is 434 g/mol. The van der Waals surface area contributed by atoms with E-state index in [1.807, 2.05) is 24.5 Å². The lowest BCUT2D eigenvalue weighted by Gasteiger charge is -2.18. The van der Waals surface area contributed by atoms with Crippen LogP contribution in [0.5, 0.6) is 0 Å². The molecule has 0 spiro atoms. The highest BCUT2D eigenvalue weighted by Gasteiger charge is 2.39. The predicted octanol–water partition coefficient (Wildman–Crippen LogP) is 6.38. The number of halogens is 1. The van der Waals surface area contributed by atoms with Crippen LogP contribution in [0.4, 0.5) is 0 Å². The van der Waals surface area contributed by atoms with Crippen LogP contribution in [0.1, 0.15) is 24.0 Å². The largest absolute Gasteiger partial charge is 0.379 e. The fraction of sp³-hybridized carbons (Fsp3) is 0.385. The third-order valence-electron chi connectivity index (χ3n) is 6.25. The third-order valence-corrected chi connectivity index (χ3v) is 8.21. The number of fused-ring (bicyclic) bond motifs is 1. The number of hydrogen-bond donors (Lipinski definition) is 0. The molecule has 0 N–H and O–H groups in total. The topological polar surface area (TPSA) is 38.9 Å². The Hall–Kier alpha value is -2.21. The first kappa shape index (κ1) is 21.6. The molecule has 166 valence electrons. The second-order valence-corrected chi connectivity index (χ2v) is 16.2. The van der Waals surface area contributed by atoms with Crippen molar-refractivity contribution in [3.05, 3.63) is 76.7 Å². The van der Waals surface area contributed by atoms with Gasteiger partial charge in [-0.25, -0.2) is 4.98 Å². The summed E-state index contributed by atoms with van der Waals surface area (Å²) < 4.78 is 8.29. The molecule has 1 unspecified atom stereocenters. The maximum Gasteiger partial charge on any atom is 0.136 e. The smallest absolute Gasteiger partial charge is 0.136 e. The van der Waals surface area contributed by atoms with E-state index in [0.29, 0.717) is 12.5 Å². The average Bonchev–Trinajstić information content (AvgIpc) is 3.36. The highest BCUT2D eigenvalue weighted by molar-refractivity contribution is 6.76. The monoisotopic (exact) mass is 463 g/mol. The minimum atomic E-state index is -1.11. The van der Waals surface area contributed by atoms with Gasteiger partial charge in [-0.1, -0.05) is 43.4 Å². The van der Waals surface area contributed by atoms with Crippen LogP contribution in [0.2, 0.25) is 30.7 Å². The molecule has 1 atom stereocenters. The minimum Gasteiger partial charge on any atom is -0.379 e. The van der Waals surface area contributed by atoms with Gasteiger partial charge in [0.15, 0.2) is 0 Å². The number of imidazole rings is 1. The lowest BCUT2D eigenvalue weighted by molar-refractivity contribution is 0.140. The van der Waals surface area contributed by atoms with Gasteiger partial charge in [0.05, 0.1) is 18.4 Å². The molecule has 1 saturated carbocycles. The summed E-state index contributed by atoms with van der Waals surface area (Å²) in [5, 5.41) is 0.742. The fourth-order valence-electron chi connectivity index (χ4n) is 4.36. The zero-order valence-electron chi connectivity index (χ0n) is 19.0. The number of rotatable bonds is 8. The summed E-state index contributed by atoms with van der Waals surface area (Å²) >= 11 is 6.18. The van der Waals surface area contributed by atoms with E-state index in [4.69, 9.17) is 21.3 Å². The summed E-state index contributed by atoms with van der Waals surface area (Å²) in [5.41, 5.74) is 7.03. The van der Waals surface area contributed by atoms with Crippen LogP contribution < -0.4 is 0 Å². The number of pyridine rings is 1. The van der Waals surface area contributed by atoms with Gasteiger partial charge in [0.2, 0.25) is 0 Å². The molecule has 0 bridgehead atoms. The van der Waals surface area contributed by atoms with Gasteiger partial charge in [-0.15, -0.1) is 0 Å². The molecular formula is C26H30ClN3OSi. The van der Waals surface area contributed by atoms with Gasteiger partial charge in [0.1, 0.15) is 5.65 Å². The van der Waals surface area contributed by atoms with Crippen LogP contribution in [0.25, 0.3) is 11.2 Å². The van der Waals surface area contributed by atoms with Crippen molar-refractivity contribution in [2.75, 3.05) is 13.2 Å². The number of aliphatic imine (C=N–C) groups is 1. The van der Waals surface area contributed by atoms with Gasteiger partial charge >= 0.3 is 0 Å². The number of benzene rings is 1. The molecule has 1 fully saturated rings. The molecule has 0 radical (unpaired) electrons. The molecule has 1 aliphatic carbocycles. The molecule has 5 rings (SSSR count). The molecule has 0 amide bonds. The Bertz CT molecular complexity index is 1190. The maximum absolute atomic E-state index is 6.20. The molecule has 1 aliphatic heterocycles. The average molecular weight is 464 g/mol. The van der Waals surface area contributed by atoms with E-state index in [1.54, 1.807) is 0 Å². The van der Waals surface area contributed by atoms with Gasteiger partial charge in [0.25, 0.3) is 0 Å². The van der Waals surface area contributed by atoms with Crippen LogP contribution in [-0.2, 0) is 4.74 Å². The second kappa shape index (κ2) is 8.62. The summed E-state index contributed by atoms with van der Waals surface area (Å²) in [6.07, 6.45) is 8.50. The molecule has 4 nitrogen and oxygen atoms in total. The highest BCUT2D eigenvalue weighted by atomic mass is 35.5. The van der Waals surface area contributed by atoms with E-state index in [9.17, 15) is 0 Å². The Kier molecular flexibility index (Phi) is 5.82. The Morgan fingerprint density at radius 3 is 2.53 bits per heavy atom. The van der Waals surface area contributed by atoms with Gasteiger partial charge in [-0.05, 0) is 54.6 Å². The van der Waals surface area contributed by atoms with Crippen LogP contribution in [0.3, 0.4) is 0 Å². The van der Waals surface area contributed by atoms with E-state index < -0.39 is 8.07 Å². The standard InChI is InChI=1S/C26H30ClN3OSi/c1-32(2,3)15-14-31-17-22-24(18-4-5-18)25(20-8-11-23-28-12-13-30(23)16-20)26(29-22)19-6-9-21(27)10-7-19/h6-13,16,18,22H,4-5,14-15,17H2,1-3H3. The Morgan fingerprint density at radius 2 is 1.81 bits per heavy atom. The van der Waals surface area contributed by atoms with Gasteiger partial charge < -0.3 is 9.14 Å². The third kappa shape index (κ3) is 4.61. The van der Waals surface area contributed by atoms with Crippen molar-refractivity contribution in [2.45, 2.75) is 44.6 Å². The van der Waals surface area contributed by atoms with Gasteiger partial charge in [-0.2, -0.15) is 0 Å². The van der Waals surface area contributed by atoms with Gasteiger partial charge in [0, 0.05) is 55.0 Å². The van der Waals surface area contributed by atoms with E-state index >= 15 is 0 Å². The molecule has 3 heterocycles. The van der Waals surface area contributed by atoms with E-state index in [-0.39, 0.29) is 6.04 Å². The van der Waals surface area contributed by atoms with E-state index in [1.165, 1.54) is 35.6 Å². The fourth-order valence-corrected chi connectivity index (χ4v) is 5.24. The Morgan fingerprint density at radius 1 is 1.06 bits per heavy atom. The maximum atomic E-state index is 6.20. The SMILES string of the molecule is C[Si](C)(C)CCOCC1N=C(c2ccc(Cl)cc2)C(c2ccc3nccn3c2)=C1C1CC1. The minimum absolute atomic E-state index is 0.0864. The normalized spacial score (nSPS) is 19.1. The summed E-state index contributed by atoms with van der Waals surface area (Å²) in [6.45, 7) is 8.66. The van der Waals surface area contributed by atoms with Crippen molar-refractivity contribution in [2.24, 2.45) is 10.9 Å². The quantitative estimate of drug-likeness (QED) is 0.287. The molecule has 2 aliphatic rings. The van der Waals surface area contributed by atoms with Crippen LogP contribution >= 0.6 is 11.6 Å². The van der Waals surface area contributed by atoms with Crippen molar-refractivity contribution in [1.82, 2.24) is 9.38 Å². The molecule has 6 heteroatoms. The summed E-state index contributed by atoms with van der Waals surface area (Å²) in [4.78, 5) is 9.66. The van der Waals surface area contributed by atoms with Crippen molar-refractivity contribution < 1.29 is 4.74 Å². The summed E-state index contributed by atoms with van der Waals surface area (Å²) in [7, 11) is -1.11. The van der Waals surface area contributed by atoms with Crippen LogP contribution in [0, 0.1) is 5.92 Å². The van der Waals surface area contributed by atoms with Crippen molar-refractivity contribution in [1.29, 1.82) is 0 Å². The Balaban J connectivity index is 1.53. The van der Waals surface area contributed by atoms with Gasteiger partial charge in [-0.3, -0.25) is 4.99 Å². The van der Waals surface area contributed by atoms with Crippen LogP contribution in [-0.4, -0.2) is 42.4 Å². The predicted molar refractivity (Wildman–Crippen MR) is 136 cm³/mol. The lowest BCUT2D eigenvalue weighted by Crippen LogP contribution is -2.23. The number of nitrogens with zero attached hydrogens (tertiary/aromatic N) is 3. The zero-order chi connectivity index (χ0) is 22.3. The number of ether oxygens (including phenoxy) is 1.